The fourth-order valence-electron chi connectivity index (χ4n) is 3.23. The lowest BCUT2D eigenvalue weighted by atomic mass is 10.1. The lowest BCUT2D eigenvalue weighted by Crippen LogP contribution is -2.37. The van der Waals surface area contributed by atoms with Gasteiger partial charge in [0.2, 0.25) is 0 Å². The van der Waals surface area contributed by atoms with E-state index in [2.05, 4.69) is 15.4 Å². The second-order valence-electron chi connectivity index (χ2n) is 6.32. The molecule has 1 amide bonds. The van der Waals surface area contributed by atoms with Gasteiger partial charge in [0, 0.05) is 13.0 Å². The molecule has 1 aromatic heterocycles. The summed E-state index contributed by atoms with van der Waals surface area (Å²) in [6, 6.07) is 7.78. The molecule has 6 heteroatoms. The van der Waals surface area contributed by atoms with E-state index in [9.17, 15) is 4.79 Å². The molecule has 0 bridgehead atoms. The number of aromatic nitrogens is 1. The first-order valence-corrected chi connectivity index (χ1v) is 8.82. The zero-order valence-electron chi connectivity index (χ0n) is 14.8. The summed E-state index contributed by atoms with van der Waals surface area (Å²) in [5.74, 6) is 1.28. The highest BCUT2D eigenvalue weighted by Crippen LogP contribution is 2.21. The number of benzene rings is 1. The molecular weight excluding hydrogens is 318 g/mol. The average molecular weight is 343 g/mol. The number of hydrogen-bond donors (Lipinski definition) is 1. The Bertz CT molecular complexity index is 690. The van der Waals surface area contributed by atoms with E-state index in [0.717, 1.165) is 30.9 Å². The minimum absolute atomic E-state index is 0.0869. The van der Waals surface area contributed by atoms with Crippen LogP contribution in [0.3, 0.4) is 0 Å². The number of hydrogen-bond acceptors (Lipinski definition) is 5. The van der Waals surface area contributed by atoms with Gasteiger partial charge in [-0.05, 0) is 43.6 Å². The van der Waals surface area contributed by atoms with Gasteiger partial charge >= 0.3 is 0 Å². The smallest absolute Gasteiger partial charge is 0.257 e. The fraction of sp³-hybridized carbons (Fsp3) is 0.474. The van der Waals surface area contributed by atoms with E-state index in [1.807, 2.05) is 31.2 Å². The Morgan fingerprint density at radius 3 is 2.68 bits per heavy atom. The van der Waals surface area contributed by atoms with Gasteiger partial charge in [-0.15, -0.1) is 0 Å². The maximum atomic E-state index is 12.7. The topological polar surface area (TPSA) is 67.6 Å². The summed E-state index contributed by atoms with van der Waals surface area (Å²) < 4.78 is 10.4. The molecule has 1 aromatic carbocycles. The molecule has 25 heavy (non-hydrogen) atoms. The van der Waals surface area contributed by atoms with Crippen LogP contribution in [0.2, 0.25) is 0 Å². The maximum absolute atomic E-state index is 12.7. The van der Waals surface area contributed by atoms with Crippen LogP contribution in [0.25, 0.3) is 0 Å². The molecular formula is C19H25N3O3. The molecule has 1 aliphatic heterocycles. The zero-order chi connectivity index (χ0) is 17.6. The van der Waals surface area contributed by atoms with E-state index in [4.69, 9.17) is 9.26 Å². The summed E-state index contributed by atoms with van der Waals surface area (Å²) in [5, 5.41) is 6.91. The number of amides is 1. The molecule has 2 heterocycles. The Hall–Kier alpha value is -2.34. The number of likely N-dealkylation sites (tertiary alicyclic amines) is 1. The van der Waals surface area contributed by atoms with Crippen LogP contribution in [-0.2, 0) is 6.42 Å². The normalized spacial score (nSPS) is 15.9. The molecule has 6 nitrogen and oxygen atoms in total. The molecule has 1 saturated heterocycles. The lowest BCUT2D eigenvalue weighted by Gasteiger charge is -2.25. The highest BCUT2D eigenvalue weighted by molar-refractivity contribution is 5.95. The first kappa shape index (κ1) is 17.5. The third-order valence-corrected chi connectivity index (χ3v) is 4.67. The van der Waals surface area contributed by atoms with Crippen molar-refractivity contribution in [2.75, 3.05) is 26.7 Å². The molecule has 1 atom stereocenters. The average Bonchev–Trinajstić information content (AvgIpc) is 3.32. The van der Waals surface area contributed by atoms with Gasteiger partial charge in [0.25, 0.3) is 5.91 Å². The first-order valence-electron chi connectivity index (χ1n) is 8.82. The summed E-state index contributed by atoms with van der Waals surface area (Å²) in [5.41, 5.74) is 1.58. The van der Waals surface area contributed by atoms with Crippen molar-refractivity contribution in [1.29, 1.82) is 0 Å². The second-order valence-corrected chi connectivity index (χ2v) is 6.32. The molecule has 2 aromatic rings. The fourth-order valence-corrected chi connectivity index (χ4v) is 3.23. The van der Waals surface area contributed by atoms with Gasteiger partial charge in [-0.2, -0.15) is 0 Å². The minimum atomic E-state index is -0.141. The molecule has 0 saturated carbocycles. The molecule has 1 N–H and O–H groups in total. The minimum Gasteiger partial charge on any atom is -0.497 e. The van der Waals surface area contributed by atoms with Crippen molar-refractivity contribution in [2.45, 2.75) is 32.2 Å². The van der Waals surface area contributed by atoms with Gasteiger partial charge in [0.05, 0.1) is 19.3 Å². The van der Waals surface area contributed by atoms with Crippen molar-refractivity contribution in [3.05, 3.63) is 47.3 Å². The number of ether oxygens (including phenoxy) is 1. The molecule has 1 fully saturated rings. The summed E-state index contributed by atoms with van der Waals surface area (Å²) in [6.07, 6.45) is 4.57. The Labute approximate surface area is 148 Å². The number of carbonyl (C=O) groups is 1. The third kappa shape index (κ3) is 4.20. The Kier molecular flexibility index (Phi) is 5.71. The lowest BCUT2D eigenvalue weighted by molar-refractivity contribution is 0.0925. The summed E-state index contributed by atoms with van der Waals surface area (Å²) in [6.45, 7) is 4.90. The van der Waals surface area contributed by atoms with Crippen LogP contribution in [0.4, 0.5) is 0 Å². The van der Waals surface area contributed by atoms with Gasteiger partial charge in [0.1, 0.15) is 17.1 Å². The number of nitrogens with one attached hydrogen (secondary N) is 1. The van der Waals surface area contributed by atoms with Crippen LogP contribution in [0.5, 0.6) is 5.75 Å². The first-order chi connectivity index (χ1) is 12.2. The largest absolute Gasteiger partial charge is 0.497 e. The van der Waals surface area contributed by atoms with Crippen LogP contribution in [-0.4, -0.2) is 42.7 Å². The van der Waals surface area contributed by atoms with Gasteiger partial charge < -0.3 is 19.5 Å². The highest BCUT2D eigenvalue weighted by atomic mass is 16.5. The Morgan fingerprint density at radius 2 is 2.04 bits per heavy atom. The summed E-state index contributed by atoms with van der Waals surface area (Å²) >= 11 is 0. The van der Waals surface area contributed by atoms with Crippen molar-refractivity contribution in [2.24, 2.45) is 0 Å². The number of methoxy groups -OCH3 is 1. The predicted molar refractivity (Wildman–Crippen MR) is 94.8 cm³/mol. The number of carbonyl (C=O) groups excluding carboxylic acids is 1. The van der Waals surface area contributed by atoms with E-state index in [-0.39, 0.29) is 11.9 Å². The van der Waals surface area contributed by atoms with Gasteiger partial charge in [-0.3, -0.25) is 4.79 Å². The third-order valence-electron chi connectivity index (χ3n) is 4.67. The monoisotopic (exact) mass is 343 g/mol. The Morgan fingerprint density at radius 1 is 1.32 bits per heavy atom. The van der Waals surface area contributed by atoms with Crippen LogP contribution in [0.15, 0.2) is 35.0 Å². The quantitative estimate of drug-likeness (QED) is 0.837. The highest BCUT2D eigenvalue weighted by Gasteiger charge is 2.23. The second kappa shape index (κ2) is 8.16. The predicted octanol–water partition coefficient (Wildman–Crippen LogP) is 2.81. The standard InChI is InChI=1S/C19H25N3O3/c1-3-18-16(12-20-25-18)19(23)21-17(13-22-10-4-5-11-22)14-6-8-15(24-2)9-7-14/h6-9,12,17H,3-5,10-11,13H2,1-2H3,(H,21,23)/t17-/m1/s1. The van der Waals surface area contributed by atoms with Crippen LogP contribution in [0.1, 0.15) is 47.5 Å². The number of rotatable bonds is 7. The number of aryl methyl sites for hydroxylation is 1. The number of nitrogens with zero attached hydrogens (tertiary/aromatic N) is 2. The molecule has 3 rings (SSSR count). The van der Waals surface area contributed by atoms with Crippen LogP contribution < -0.4 is 10.1 Å². The molecule has 134 valence electrons. The van der Waals surface area contributed by atoms with Gasteiger partial charge in [-0.25, -0.2) is 0 Å². The van der Waals surface area contributed by atoms with E-state index < -0.39 is 0 Å². The zero-order valence-corrected chi connectivity index (χ0v) is 14.8. The Balaban J connectivity index is 1.78. The van der Waals surface area contributed by atoms with Crippen molar-refractivity contribution in [3.63, 3.8) is 0 Å². The van der Waals surface area contributed by atoms with E-state index in [1.54, 1.807) is 7.11 Å². The summed E-state index contributed by atoms with van der Waals surface area (Å²) in [4.78, 5) is 15.1. The van der Waals surface area contributed by atoms with Crippen LogP contribution in [0, 0.1) is 0 Å². The molecule has 0 aliphatic carbocycles. The van der Waals surface area contributed by atoms with Crippen molar-refractivity contribution in [1.82, 2.24) is 15.4 Å². The van der Waals surface area contributed by atoms with Crippen molar-refractivity contribution >= 4 is 5.91 Å². The maximum Gasteiger partial charge on any atom is 0.257 e. The van der Waals surface area contributed by atoms with Gasteiger partial charge in [0.15, 0.2) is 0 Å². The van der Waals surface area contributed by atoms with Gasteiger partial charge in [-0.1, -0.05) is 24.2 Å². The van der Waals surface area contributed by atoms with Crippen molar-refractivity contribution in [3.8, 4) is 5.75 Å². The van der Waals surface area contributed by atoms with Crippen LogP contribution >= 0.6 is 0 Å². The van der Waals surface area contributed by atoms with E-state index >= 15 is 0 Å². The molecule has 1 aliphatic rings. The molecule has 0 radical (unpaired) electrons. The summed E-state index contributed by atoms with van der Waals surface area (Å²) in [7, 11) is 1.65. The SMILES string of the molecule is CCc1oncc1C(=O)N[C@H](CN1CCCC1)c1ccc(OC)cc1. The molecule has 0 unspecified atom stereocenters. The van der Waals surface area contributed by atoms with Crippen molar-refractivity contribution < 1.29 is 14.1 Å². The van der Waals surface area contributed by atoms with E-state index in [0.29, 0.717) is 17.7 Å². The molecule has 0 spiro atoms. The van der Waals surface area contributed by atoms with E-state index in [1.165, 1.54) is 19.0 Å².